The number of aromatic nitrogens is 1. The van der Waals surface area contributed by atoms with Crippen molar-refractivity contribution < 1.29 is 9.47 Å². The van der Waals surface area contributed by atoms with E-state index < -0.39 is 0 Å². The summed E-state index contributed by atoms with van der Waals surface area (Å²) in [5.74, 6) is 0. The van der Waals surface area contributed by atoms with Gasteiger partial charge in [-0.3, -0.25) is 9.88 Å². The van der Waals surface area contributed by atoms with Gasteiger partial charge in [-0.1, -0.05) is 19.9 Å². The molecular formula is C19H31N3O2. The number of fused-ring (bicyclic) bond motifs is 1. The normalized spacial score (nSPS) is 27.5. The molecule has 2 fully saturated rings. The van der Waals surface area contributed by atoms with Crippen molar-refractivity contribution in [2.45, 2.75) is 51.5 Å². The molecule has 1 aromatic heterocycles. The number of hydrogen-bond acceptors (Lipinski definition) is 5. The van der Waals surface area contributed by atoms with Gasteiger partial charge in [-0.15, -0.1) is 0 Å². The van der Waals surface area contributed by atoms with Crippen LogP contribution in [0, 0.1) is 0 Å². The molecule has 24 heavy (non-hydrogen) atoms. The Labute approximate surface area is 145 Å². The Kier molecular flexibility index (Phi) is 6.60. The highest BCUT2D eigenvalue weighted by Crippen LogP contribution is 2.32. The van der Waals surface area contributed by atoms with Gasteiger partial charge in [-0.25, -0.2) is 0 Å². The average molecular weight is 333 g/mol. The SMILES string of the molecule is CCN(CC)CCN1CCO[C@@H]2[C@@H](OCc3cccnc3)CC[C@H]21. The van der Waals surface area contributed by atoms with E-state index in [2.05, 4.69) is 34.7 Å². The lowest BCUT2D eigenvalue weighted by atomic mass is 10.1. The molecule has 0 amide bonds. The zero-order valence-electron chi connectivity index (χ0n) is 15.1. The standard InChI is InChI=1S/C19H31N3O2/c1-3-21(4-2)10-11-22-12-13-23-19-17(22)7-8-18(19)24-15-16-6-5-9-20-14-16/h5-6,9,14,17-19H,3-4,7-8,10-13,15H2,1-2H3/t17-,18+,19+/m1/s1. The number of nitrogens with zero attached hydrogens (tertiary/aromatic N) is 3. The first-order chi connectivity index (χ1) is 11.8. The third-order valence-corrected chi connectivity index (χ3v) is 5.44. The first-order valence-corrected chi connectivity index (χ1v) is 9.40. The number of pyridine rings is 1. The van der Waals surface area contributed by atoms with E-state index in [1.807, 2.05) is 12.3 Å². The van der Waals surface area contributed by atoms with Crippen molar-refractivity contribution in [1.29, 1.82) is 0 Å². The zero-order chi connectivity index (χ0) is 16.8. The predicted octanol–water partition coefficient (Wildman–Crippen LogP) is 2.17. The lowest BCUT2D eigenvalue weighted by Crippen LogP contribution is -2.53. The average Bonchev–Trinajstić information content (AvgIpc) is 3.05. The molecule has 2 heterocycles. The Morgan fingerprint density at radius 2 is 2.21 bits per heavy atom. The second-order valence-electron chi connectivity index (χ2n) is 6.75. The van der Waals surface area contributed by atoms with E-state index in [1.54, 1.807) is 6.20 Å². The maximum absolute atomic E-state index is 6.17. The fourth-order valence-electron chi connectivity index (χ4n) is 3.94. The third-order valence-electron chi connectivity index (χ3n) is 5.44. The molecule has 0 spiro atoms. The fraction of sp³-hybridized carbons (Fsp3) is 0.737. The molecular weight excluding hydrogens is 302 g/mol. The van der Waals surface area contributed by atoms with Crippen molar-refractivity contribution in [3.8, 4) is 0 Å². The third kappa shape index (κ3) is 4.33. The summed E-state index contributed by atoms with van der Waals surface area (Å²) in [6.07, 6.45) is 6.40. The molecule has 0 unspecified atom stereocenters. The summed E-state index contributed by atoms with van der Waals surface area (Å²) in [5.41, 5.74) is 1.13. The van der Waals surface area contributed by atoms with Crippen LogP contribution >= 0.6 is 0 Å². The summed E-state index contributed by atoms with van der Waals surface area (Å²) >= 11 is 0. The van der Waals surface area contributed by atoms with Crippen LogP contribution in [0.25, 0.3) is 0 Å². The summed E-state index contributed by atoms with van der Waals surface area (Å²) in [6.45, 7) is 11.5. The van der Waals surface area contributed by atoms with Crippen molar-refractivity contribution >= 4 is 0 Å². The Morgan fingerprint density at radius 1 is 1.33 bits per heavy atom. The van der Waals surface area contributed by atoms with Crippen LogP contribution in [-0.2, 0) is 16.1 Å². The van der Waals surface area contributed by atoms with Gasteiger partial charge in [0.1, 0.15) is 0 Å². The van der Waals surface area contributed by atoms with Crippen LogP contribution in [0.3, 0.4) is 0 Å². The van der Waals surface area contributed by atoms with E-state index >= 15 is 0 Å². The Balaban J connectivity index is 1.51. The minimum absolute atomic E-state index is 0.214. The predicted molar refractivity (Wildman–Crippen MR) is 94.9 cm³/mol. The first-order valence-electron chi connectivity index (χ1n) is 9.40. The number of likely N-dealkylation sites (N-methyl/N-ethyl adjacent to an activating group) is 1. The lowest BCUT2D eigenvalue weighted by molar-refractivity contribution is -0.117. The molecule has 5 heteroatoms. The van der Waals surface area contributed by atoms with Gasteiger partial charge in [0, 0.05) is 38.1 Å². The van der Waals surface area contributed by atoms with Crippen LogP contribution in [0.4, 0.5) is 0 Å². The highest BCUT2D eigenvalue weighted by Gasteiger charge is 2.43. The van der Waals surface area contributed by atoms with Gasteiger partial charge in [0.2, 0.25) is 0 Å². The molecule has 3 atom stereocenters. The summed E-state index contributed by atoms with van der Waals surface area (Å²) in [5, 5.41) is 0. The first kappa shape index (κ1) is 17.8. The molecule has 1 aliphatic carbocycles. The van der Waals surface area contributed by atoms with Gasteiger partial charge in [0.15, 0.2) is 0 Å². The van der Waals surface area contributed by atoms with Gasteiger partial charge in [0.25, 0.3) is 0 Å². The summed E-state index contributed by atoms with van der Waals surface area (Å²) in [7, 11) is 0. The van der Waals surface area contributed by atoms with Crippen LogP contribution in [0.5, 0.6) is 0 Å². The molecule has 134 valence electrons. The van der Waals surface area contributed by atoms with Crippen molar-refractivity contribution in [2.24, 2.45) is 0 Å². The second-order valence-corrected chi connectivity index (χ2v) is 6.75. The zero-order valence-corrected chi connectivity index (χ0v) is 15.1. The maximum Gasteiger partial charge on any atom is 0.0992 e. The van der Waals surface area contributed by atoms with Crippen LogP contribution in [0.15, 0.2) is 24.5 Å². The number of hydrogen-bond donors (Lipinski definition) is 0. The van der Waals surface area contributed by atoms with Crippen molar-refractivity contribution in [3.63, 3.8) is 0 Å². The van der Waals surface area contributed by atoms with E-state index in [9.17, 15) is 0 Å². The van der Waals surface area contributed by atoms with Gasteiger partial charge in [-0.2, -0.15) is 0 Å². The molecule has 3 rings (SSSR count). The quantitative estimate of drug-likeness (QED) is 0.729. The van der Waals surface area contributed by atoms with E-state index in [4.69, 9.17) is 9.47 Å². The van der Waals surface area contributed by atoms with Gasteiger partial charge in [-0.05, 0) is 37.6 Å². The molecule has 2 aliphatic rings. The van der Waals surface area contributed by atoms with E-state index in [-0.39, 0.29) is 12.2 Å². The second kappa shape index (κ2) is 8.90. The Morgan fingerprint density at radius 3 is 2.96 bits per heavy atom. The highest BCUT2D eigenvalue weighted by molar-refractivity contribution is 5.07. The van der Waals surface area contributed by atoms with Crippen molar-refractivity contribution in [3.05, 3.63) is 30.1 Å². The van der Waals surface area contributed by atoms with Crippen molar-refractivity contribution in [2.75, 3.05) is 39.3 Å². The molecule has 0 N–H and O–H groups in total. The summed E-state index contributed by atoms with van der Waals surface area (Å²) < 4.78 is 12.3. The van der Waals surface area contributed by atoms with Gasteiger partial charge < -0.3 is 14.4 Å². The molecule has 1 saturated carbocycles. The molecule has 0 bridgehead atoms. The Bertz CT molecular complexity index is 481. The van der Waals surface area contributed by atoms with E-state index in [0.29, 0.717) is 12.6 Å². The fourth-order valence-corrected chi connectivity index (χ4v) is 3.94. The topological polar surface area (TPSA) is 37.8 Å². The van der Waals surface area contributed by atoms with Gasteiger partial charge >= 0.3 is 0 Å². The number of ether oxygens (including phenoxy) is 2. The van der Waals surface area contributed by atoms with E-state index in [0.717, 1.165) is 51.3 Å². The van der Waals surface area contributed by atoms with Crippen LogP contribution in [0.1, 0.15) is 32.3 Å². The van der Waals surface area contributed by atoms with E-state index in [1.165, 1.54) is 6.42 Å². The Hall–Kier alpha value is -1.01. The minimum Gasteiger partial charge on any atom is -0.373 e. The molecule has 0 radical (unpaired) electrons. The lowest BCUT2D eigenvalue weighted by Gasteiger charge is -2.39. The van der Waals surface area contributed by atoms with Crippen LogP contribution < -0.4 is 0 Å². The molecule has 1 aromatic rings. The molecule has 1 aliphatic heterocycles. The summed E-state index contributed by atoms with van der Waals surface area (Å²) in [6, 6.07) is 4.55. The molecule has 5 nitrogen and oxygen atoms in total. The number of rotatable bonds is 8. The highest BCUT2D eigenvalue weighted by atomic mass is 16.5. The molecule has 1 saturated heterocycles. The molecule has 0 aromatic carbocycles. The largest absolute Gasteiger partial charge is 0.373 e. The van der Waals surface area contributed by atoms with Crippen LogP contribution in [-0.4, -0.2) is 72.4 Å². The maximum atomic E-state index is 6.17. The summed E-state index contributed by atoms with van der Waals surface area (Å²) in [4.78, 5) is 9.28. The number of morpholine rings is 1. The smallest absolute Gasteiger partial charge is 0.0992 e. The van der Waals surface area contributed by atoms with Crippen molar-refractivity contribution in [1.82, 2.24) is 14.8 Å². The monoisotopic (exact) mass is 333 g/mol. The van der Waals surface area contributed by atoms with Gasteiger partial charge in [0.05, 0.1) is 25.4 Å². The van der Waals surface area contributed by atoms with Crippen LogP contribution in [0.2, 0.25) is 0 Å². The minimum atomic E-state index is 0.214.